The minimum atomic E-state index is -1.21. The first kappa shape index (κ1) is 19.8. The fourth-order valence-electron chi connectivity index (χ4n) is 3.03. The van der Waals surface area contributed by atoms with Crippen LogP contribution in [0.2, 0.25) is 0 Å². The molecule has 4 nitrogen and oxygen atoms in total. The number of phenolic OH excluding ortho intramolecular Hbond substituents is 1. The van der Waals surface area contributed by atoms with Crippen LogP contribution in [0, 0.1) is 0 Å². The van der Waals surface area contributed by atoms with Crippen LogP contribution in [0.25, 0.3) is 0 Å². The summed E-state index contributed by atoms with van der Waals surface area (Å²) in [5, 5.41) is 31.6. The number of benzene rings is 2. The SMILES string of the molecule is CC(C)(C)c1cc(Cc2ccc([O-])c(C(=O)O)c2)cc(C(C)(C)C)c1O. The Morgan fingerprint density at radius 2 is 1.42 bits per heavy atom. The molecule has 0 aliphatic rings. The highest BCUT2D eigenvalue weighted by Gasteiger charge is 2.26. The fourth-order valence-corrected chi connectivity index (χ4v) is 3.03. The van der Waals surface area contributed by atoms with Crippen molar-refractivity contribution < 1.29 is 20.1 Å². The van der Waals surface area contributed by atoms with Crippen molar-refractivity contribution in [2.24, 2.45) is 0 Å². The van der Waals surface area contributed by atoms with Crippen molar-refractivity contribution in [1.29, 1.82) is 0 Å². The highest BCUT2D eigenvalue weighted by molar-refractivity contribution is 5.90. The highest BCUT2D eigenvalue weighted by atomic mass is 16.4. The van der Waals surface area contributed by atoms with E-state index in [2.05, 4.69) is 0 Å². The van der Waals surface area contributed by atoms with E-state index >= 15 is 0 Å². The van der Waals surface area contributed by atoms with Gasteiger partial charge < -0.3 is 15.3 Å². The van der Waals surface area contributed by atoms with Gasteiger partial charge in [0.2, 0.25) is 0 Å². The van der Waals surface area contributed by atoms with Crippen LogP contribution >= 0.6 is 0 Å². The summed E-state index contributed by atoms with van der Waals surface area (Å²) >= 11 is 0. The van der Waals surface area contributed by atoms with Crippen molar-refractivity contribution in [2.75, 3.05) is 0 Å². The van der Waals surface area contributed by atoms with Crippen LogP contribution in [0.15, 0.2) is 30.3 Å². The summed E-state index contributed by atoms with van der Waals surface area (Å²) in [7, 11) is 0. The molecule has 2 N–H and O–H groups in total. The van der Waals surface area contributed by atoms with E-state index in [1.165, 1.54) is 12.1 Å². The van der Waals surface area contributed by atoms with Gasteiger partial charge in [-0.25, -0.2) is 4.79 Å². The Morgan fingerprint density at radius 3 is 1.85 bits per heavy atom. The van der Waals surface area contributed by atoms with Gasteiger partial charge in [0.25, 0.3) is 0 Å². The maximum atomic E-state index is 11.7. The third kappa shape index (κ3) is 4.18. The lowest BCUT2D eigenvalue weighted by atomic mass is 9.78. The predicted molar refractivity (Wildman–Crippen MR) is 101 cm³/mol. The molecular formula is C22H27O4-. The summed E-state index contributed by atoms with van der Waals surface area (Å²) in [6.07, 6.45) is 0.493. The molecule has 0 saturated heterocycles. The number of carboxylic acid groups (broad SMARTS) is 1. The molecule has 0 amide bonds. The van der Waals surface area contributed by atoms with Gasteiger partial charge in [-0.1, -0.05) is 71.6 Å². The van der Waals surface area contributed by atoms with Gasteiger partial charge in [-0.2, -0.15) is 0 Å². The third-order valence-electron chi connectivity index (χ3n) is 4.47. The second-order valence-corrected chi connectivity index (χ2v) is 8.85. The smallest absolute Gasteiger partial charge is 0.335 e. The van der Waals surface area contributed by atoms with E-state index in [9.17, 15) is 15.0 Å². The lowest BCUT2D eigenvalue weighted by Gasteiger charge is -2.28. The van der Waals surface area contributed by atoms with E-state index in [0.29, 0.717) is 12.2 Å². The van der Waals surface area contributed by atoms with Gasteiger partial charge in [-0.3, -0.25) is 0 Å². The lowest BCUT2D eigenvalue weighted by Crippen LogP contribution is -2.18. The van der Waals surface area contributed by atoms with Gasteiger partial charge in [0.05, 0.1) is 5.56 Å². The second-order valence-electron chi connectivity index (χ2n) is 8.85. The molecule has 0 saturated carbocycles. The molecule has 2 rings (SSSR count). The Bertz CT molecular complexity index is 801. The molecule has 0 atom stereocenters. The average Bonchev–Trinajstić information content (AvgIpc) is 2.48. The summed E-state index contributed by atoms with van der Waals surface area (Å²) in [6, 6.07) is 8.33. The maximum Gasteiger partial charge on any atom is 0.335 e. The molecule has 0 fully saturated rings. The Kier molecular flexibility index (Phi) is 5.09. The monoisotopic (exact) mass is 355 g/mol. The summed E-state index contributed by atoms with van der Waals surface area (Å²) in [4.78, 5) is 11.2. The van der Waals surface area contributed by atoms with E-state index in [1.807, 2.05) is 53.7 Å². The molecule has 140 valence electrons. The van der Waals surface area contributed by atoms with Crippen molar-refractivity contribution >= 4 is 5.97 Å². The third-order valence-corrected chi connectivity index (χ3v) is 4.47. The number of hydrogen-bond acceptors (Lipinski definition) is 3. The zero-order valence-electron chi connectivity index (χ0n) is 16.3. The van der Waals surface area contributed by atoms with Gasteiger partial charge in [0.15, 0.2) is 0 Å². The standard InChI is InChI=1S/C22H28O4/c1-21(2,3)16-11-14(12-17(19(16)24)22(4,5)6)9-13-7-8-18(23)15(10-13)20(25)26/h7-8,10-12,23-24H,9H2,1-6H3,(H,25,26)/p-1. The van der Waals surface area contributed by atoms with E-state index in [4.69, 9.17) is 5.11 Å². The molecule has 26 heavy (non-hydrogen) atoms. The van der Waals surface area contributed by atoms with Gasteiger partial charge in [0.1, 0.15) is 5.75 Å². The summed E-state index contributed by atoms with van der Waals surface area (Å²) < 4.78 is 0. The largest absolute Gasteiger partial charge is 0.872 e. The summed E-state index contributed by atoms with van der Waals surface area (Å²) in [5.74, 6) is -1.39. The first-order valence-corrected chi connectivity index (χ1v) is 8.71. The molecule has 0 spiro atoms. The van der Waals surface area contributed by atoms with Crippen LogP contribution in [0.5, 0.6) is 11.5 Å². The molecule has 2 aromatic carbocycles. The van der Waals surface area contributed by atoms with Crippen LogP contribution in [0.3, 0.4) is 0 Å². The zero-order chi connectivity index (χ0) is 19.9. The normalized spacial score (nSPS) is 12.2. The molecule has 0 bridgehead atoms. The fraction of sp³-hybridized carbons (Fsp3) is 0.409. The molecule has 0 unspecified atom stereocenters. The molecule has 0 heterocycles. The lowest BCUT2D eigenvalue weighted by molar-refractivity contribution is -0.268. The van der Waals surface area contributed by atoms with Crippen LogP contribution in [0.1, 0.15) is 74.2 Å². The number of rotatable bonds is 3. The first-order chi connectivity index (χ1) is 11.8. The Labute approximate surface area is 155 Å². The van der Waals surface area contributed by atoms with E-state index < -0.39 is 11.7 Å². The van der Waals surface area contributed by atoms with Crippen molar-refractivity contribution in [1.82, 2.24) is 0 Å². The van der Waals surface area contributed by atoms with Crippen LogP contribution in [-0.4, -0.2) is 16.2 Å². The van der Waals surface area contributed by atoms with Gasteiger partial charge in [0, 0.05) is 0 Å². The molecular weight excluding hydrogens is 328 g/mol. The minimum absolute atomic E-state index is 0.214. The van der Waals surface area contributed by atoms with E-state index in [1.54, 1.807) is 6.07 Å². The number of aromatic carboxylic acids is 1. The molecule has 4 heteroatoms. The Hall–Kier alpha value is -2.49. The summed E-state index contributed by atoms with van der Waals surface area (Å²) in [5.41, 5.74) is 2.78. The molecule has 0 aliphatic heterocycles. The molecule has 0 aromatic heterocycles. The Morgan fingerprint density at radius 1 is 0.923 bits per heavy atom. The number of hydrogen-bond donors (Lipinski definition) is 2. The van der Waals surface area contributed by atoms with Gasteiger partial charge in [-0.15, -0.1) is 0 Å². The van der Waals surface area contributed by atoms with Crippen molar-refractivity contribution in [3.05, 3.63) is 58.1 Å². The van der Waals surface area contributed by atoms with Crippen LogP contribution in [0.4, 0.5) is 0 Å². The average molecular weight is 355 g/mol. The molecule has 0 aliphatic carbocycles. The Balaban J connectivity index is 2.57. The van der Waals surface area contributed by atoms with Gasteiger partial charge >= 0.3 is 5.97 Å². The van der Waals surface area contributed by atoms with Crippen LogP contribution < -0.4 is 5.11 Å². The number of carboxylic acids is 1. The topological polar surface area (TPSA) is 80.6 Å². The van der Waals surface area contributed by atoms with Gasteiger partial charge in [-0.05, 0) is 45.6 Å². The number of carbonyl (C=O) groups is 1. The van der Waals surface area contributed by atoms with E-state index in [-0.39, 0.29) is 16.4 Å². The number of phenols is 1. The number of aromatic hydroxyl groups is 1. The molecule has 2 aromatic rings. The highest BCUT2D eigenvalue weighted by Crippen LogP contribution is 2.40. The van der Waals surface area contributed by atoms with E-state index in [0.717, 1.165) is 22.3 Å². The predicted octanol–water partition coefficient (Wildman–Crippen LogP) is 4.35. The van der Waals surface area contributed by atoms with Crippen molar-refractivity contribution in [2.45, 2.75) is 58.8 Å². The quantitative estimate of drug-likeness (QED) is 0.858. The minimum Gasteiger partial charge on any atom is -0.872 e. The summed E-state index contributed by atoms with van der Waals surface area (Å²) in [6.45, 7) is 12.3. The zero-order valence-corrected chi connectivity index (χ0v) is 16.3. The van der Waals surface area contributed by atoms with Crippen LogP contribution in [-0.2, 0) is 17.3 Å². The molecule has 0 radical (unpaired) electrons. The maximum absolute atomic E-state index is 11.7. The van der Waals surface area contributed by atoms with Crippen molar-refractivity contribution in [3.8, 4) is 11.5 Å². The second kappa shape index (κ2) is 6.67. The van der Waals surface area contributed by atoms with Crippen molar-refractivity contribution in [3.63, 3.8) is 0 Å². The first-order valence-electron chi connectivity index (χ1n) is 8.71.